The van der Waals surface area contributed by atoms with E-state index in [1.807, 2.05) is 30.3 Å². The summed E-state index contributed by atoms with van der Waals surface area (Å²) in [6.45, 7) is 9.71. The highest BCUT2D eigenvalue weighted by atomic mass is 16.5. The molecule has 194 valence electrons. The minimum atomic E-state index is -1.15. The van der Waals surface area contributed by atoms with Crippen LogP contribution in [0.15, 0.2) is 54.6 Å². The zero-order valence-electron chi connectivity index (χ0n) is 21.1. The number of carbonyl (C=O) groups excluding carboxylic acids is 1. The number of carboxylic acids is 2. The number of benzene rings is 2. The summed E-state index contributed by atoms with van der Waals surface area (Å²) in [5, 5.41) is 34.7. The summed E-state index contributed by atoms with van der Waals surface area (Å²) in [5.41, 5.74) is 1.02. The van der Waals surface area contributed by atoms with Gasteiger partial charge in [0.15, 0.2) is 0 Å². The average molecular weight is 491 g/mol. The van der Waals surface area contributed by atoms with E-state index < -0.39 is 17.9 Å². The van der Waals surface area contributed by atoms with Crippen LogP contribution in [-0.4, -0.2) is 51.0 Å². The summed E-state index contributed by atoms with van der Waals surface area (Å²) in [4.78, 5) is 32.5. The fourth-order valence-electron chi connectivity index (χ4n) is 2.61. The Morgan fingerprint density at radius 1 is 0.886 bits per heavy atom. The van der Waals surface area contributed by atoms with Gasteiger partial charge in [-0.05, 0) is 36.0 Å². The summed E-state index contributed by atoms with van der Waals surface area (Å²) in [7, 11) is 0. The number of rotatable bonds is 8. The smallest absolute Gasteiger partial charge is 0.339 e. The van der Waals surface area contributed by atoms with Crippen LogP contribution in [0, 0.1) is 11.3 Å². The van der Waals surface area contributed by atoms with E-state index in [0.717, 1.165) is 12.0 Å². The van der Waals surface area contributed by atoms with E-state index in [0.29, 0.717) is 6.42 Å². The lowest BCUT2D eigenvalue weighted by atomic mass is 9.88. The Hall–Kier alpha value is -3.23. The van der Waals surface area contributed by atoms with Crippen LogP contribution in [-0.2, 0) is 16.1 Å². The van der Waals surface area contributed by atoms with Crippen molar-refractivity contribution in [3.63, 3.8) is 0 Å². The molecule has 0 saturated heterocycles. The van der Waals surface area contributed by atoms with Gasteiger partial charge < -0.3 is 25.2 Å². The monoisotopic (exact) mass is 490 g/mol. The van der Waals surface area contributed by atoms with E-state index in [1.165, 1.54) is 12.1 Å². The van der Waals surface area contributed by atoms with Gasteiger partial charge in [0, 0.05) is 6.61 Å². The van der Waals surface area contributed by atoms with Gasteiger partial charge >= 0.3 is 17.9 Å². The molecule has 0 radical (unpaired) electrons. The number of aromatic carboxylic acids is 1. The topological polar surface area (TPSA) is 141 Å². The van der Waals surface area contributed by atoms with Crippen LogP contribution in [0.4, 0.5) is 0 Å². The molecule has 0 aliphatic rings. The highest BCUT2D eigenvalue weighted by Gasteiger charge is 2.17. The maximum absolute atomic E-state index is 11.9. The van der Waals surface area contributed by atoms with Crippen molar-refractivity contribution < 1.29 is 39.5 Å². The second kappa shape index (κ2) is 16.4. The van der Waals surface area contributed by atoms with Gasteiger partial charge in [-0.3, -0.25) is 4.79 Å². The van der Waals surface area contributed by atoms with Crippen molar-refractivity contribution in [2.24, 2.45) is 11.3 Å². The Morgan fingerprint density at radius 3 is 1.80 bits per heavy atom. The molecule has 0 fully saturated rings. The summed E-state index contributed by atoms with van der Waals surface area (Å²) in [6, 6.07) is 15.2. The van der Waals surface area contributed by atoms with E-state index in [9.17, 15) is 19.5 Å². The third-order valence-corrected chi connectivity index (χ3v) is 4.39. The molecule has 0 saturated carbocycles. The van der Waals surface area contributed by atoms with Crippen LogP contribution >= 0.6 is 0 Å². The predicted octanol–water partition coefficient (Wildman–Crippen LogP) is 4.63. The molecular formula is C27H38O8. The second-order valence-corrected chi connectivity index (χ2v) is 9.34. The fourth-order valence-corrected chi connectivity index (χ4v) is 2.61. The zero-order chi connectivity index (χ0) is 27.0. The maximum Gasteiger partial charge on any atom is 0.339 e. The number of hydrogen-bond donors (Lipinski definition) is 4. The highest BCUT2D eigenvalue weighted by Crippen LogP contribution is 2.21. The summed E-state index contributed by atoms with van der Waals surface area (Å²) < 4.78 is 5.10. The van der Waals surface area contributed by atoms with Gasteiger partial charge in [-0.25, -0.2) is 9.59 Å². The standard InChI is InChI=1S/C15H12O4.C8H18O2.C4H8O2/c16-14(17)12-8-4-5-9-13(12)15(18)19-10-11-6-2-1-3-7-11;1-8(2,3)6-7(10)4-5-9;1-3(2)4(5)6/h1-9H,10H2,(H,16,17);7,9-10H,4-6H2,1-3H3;3H,1-2H3,(H,5,6). The third kappa shape index (κ3) is 15.3. The number of esters is 1. The van der Waals surface area contributed by atoms with Gasteiger partial charge in [-0.15, -0.1) is 0 Å². The van der Waals surface area contributed by atoms with Crippen molar-refractivity contribution in [1.82, 2.24) is 0 Å². The summed E-state index contributed by atoms with van der Waals surface area (Å²) >= 11 is 0. The van der Waals surface area contributed by atoms with Crippen molar-refractivity contribution in [2.75, 3.05) is 6.61 Å². The van der Waals surface area contributed by atoms with Crippen LogP contribution in [0.25, 0.3) is 0 Å². The van der Waals surface area contributed by atoms with Crippen molar-refractivity contribution in [2.45, 2.75) is 60.2 Å². The van der Waals surface area contributed by atoms with Crippen LogP contribution in [0.3, 0.4) is 0 Å². The van der Waals surface area contributed by atoms with Crippen molar-refractivity contribution >= 4 is 17.9 Å². The molecule has 0 heterocycles. The Balaban J connectivity index is 0.000000606. The molecule has 2 aromatic rings. The average Bonchev–Trinajstić information content (AvgIpc) is 2.78. The molecule has 8 nitrogen and oxygen atoms in total. The number of ether oxygens (including phenoxy) is 1. The Labute approximate surface area is 207 Å². The van der Waals surface area contributed by atoms with Crippen molar-refractivity contribution in [3.8, 4) is 0 Å². The van der Waals surface area contributed by atoms with Crippen LogP contribution < -0.4 is 0 Å². The lowest BCUT2D eigenvalue weighted by Gasteiger charge is -2.21. The molecule has 0 aromatic heterocycles. The van der Waals surface area contributed by atoms with Gasteiger partial charge in [0.1, 0.15) is 6.61 Å². The van der Waals surface area contributed by atoms with E-state index in [-0.39, 0.29) is 41.8 Å². The fraction of sp³-hybridized carbons (Fsp3) is 0.444. The molecule has 0 amide bonds. The first-order valence-electron chi connectivity index (χ1n) is 11.3. The van der Waals surface area contributed by atoms with E-state index in [2.05, 4.69) is 20.8 Å². The number of carboxylic acid groups (broad SMARTS) is 2. The van der Waals surface area contributed by atoms with Gasteiger partial charge in [-0.1, -0.05) is 77.1 Å². The number of aliphatic hydroxyl groups excluding tert-OH is 2. The predicted molar refractivity (Wildman–Crippen MR) is 133 cm³/mol. The summed E-state index contributed by atoms with van der Waals surface area (Å²) in [5.74, 6) is -2.76. The molecule has 2 aromatic carbocycles. The largest absolute Gasteiger partial charge is 0.481 e. The minimum absolute atomic E-state index is 0.0550. The second-order valence-electron chi connectivity index (χ2n) is 9.34. The number of carbonyl (C=O) groups is 3. The van der Waals surface area contributed by atoms with Crippen LogP contribution in [0.5, 0.6) is 0 Å². The highest BCUT2D eigenvalue weighted by molar-refractivity contribution is 6.02. The first-order valence-corrected chi connectivity index (χ1v) is 11.3. The molecule has 0 spiro atoms. The van der Waals surface area contributed by atoms with Crippen LogP contribution in [0.2, 0.25) is 0 Å². The van der Waals surface area contributed by atoms with E-state index in [4.69, 9.17) is 20.1 Å². The molecule has 35 heavy (non-hydrogen) atoms. The lowest BCUT2D eigenvalue weighted by Crippen LogP contribution is -2.18. The van der Waals surface area contributed by atoms with Gasteiger partial charge in [-0.2, -0.15) is 0 Å². The minimum Gasteiger partial charge on any atom is -0.481 e. The van der Waals surface area contributed by atoms with Crippen molar-refractivity contribution in [3.05, 3.63) is 71.3 Å². The quantitative estimate of drug-likeness (QED) is 0.392. The van der Waals surface area contributed by atoms with Crippen molar-refractivity contribution in [1.29, 1.82) is 0 Å². The number of hydrogen-bond acceptors (Lipinski definition) is 6. The van der Waals surface area contributed by atoms with Gasteiger partial charge in [0.25, 0.3) is 0 Å². The zero-order valence-corrected chi connectivity index (χ0v) is 21.1. The first kappa shape index (κ1) is 31.8. The molecule has 2 rings (SSSR count). The molecular weight excluding hydrogens is 452 g/mol. The molecule has 0 aliphatic carbocycles. The van der Waals surface area contributed by atoms with E-state index >= 15 is 0 Å². The third-order valence-electron chi connectivity index (χ3n) is 4.39. The molecule has 0 bridgehead atoms. The Bertz CT molecular complexity index is 901. The molecule has 8 heteroatoms. The molecule has 1 unspecified atom stereocenters. The van der Waals surface area contributed by atoms with Crippen LogP contribution in [0.1, 0.15) is 73.7 Å². The van der Waals surface area contributed by atoms with Gasteiger partial charge in [0.2, 0.25) is 0 Å². The SMILES string of the molecule is CC(C)(C)CC(O)CCO.CC(C)C(=O)O.O=C(O)c1ccccc1C(=O)OCc1ccccc1. The Morgan fingerprint density at radius 2 is 1.37 bits per heavy atom. The van der Waals surface area contributed by atoms with Gasteiger partial charge in [0.05, 0.1) is 23.1 Å². The molecule has 4 N–H and O–H groups in total. The number of aliphatic hydroxyl groups is 2. The van der Waals surface area contributed by atoms with E-state index in [1.54, 1.807) is 26.0 Å². The lowest BCUT2D eigenvalue weighted by molar-refractivity contribution is -0.140. The molecule has 0 aliphatic heterocycles. The maximum atomic E-state index is 11.9. The summed E-state index contributed by atoms with van der Waals surface area (Å²) in [6.07, 6.45) is 0.912. The molecule has 1 atom stereocenters. The Kier molecular flexibility index (Phi) is 14.9. The number of aliphatic carboxylic acids is 1. The first-order chi connectivity index (χ1) is 16.3. The normalized spacial score (nSPS) is 11.3.